The highest BCUT2D eigenvalue weighted by molar-refractivity contribution is 9.10. The van der Waals surface area contributed by atoms with E-state index in [9.17, 15) is 0 Å². The summed E-state index contributed by atoms with van der Waals surface area (Å²) >= 11 is 5.36. The monoisotopic (exact) mass is 359 g/mol. The van der Waals surface area contributed by atoms with E-state index < -0.39 is 0 Å². The average Bonchev–Trinajstić information content (AvgIpc) is 3.11. The molecule has 20 heavy (non-hydrogen) atoms. The molecule has 0 aliphatic carbocycles. The lowest BCUT2D eigenvalue weighted by Gasteiger charge is -2.46. The van der Waals surface area contributed by atoms with Crippen LogP contribution >= 0.6 is 27.3 Å². The molecule has 0 aromatic carbocycles. The van der Waals surface area contributed by atoms with Crippen molar-refractivity contribution in [2.24, 2.45) is 5.84 Å². The molecule has 114 valence electrons. The zero-order chi connectivity index (χ0) is 14.6. The number of thiophene rings is 1. The molecule has 1 aromatic rings. The van der Waals surface area contributed by atoms with Gasteiger partial charge in [-0.15, -0.1) is 11.3 Å². The Morgan fingerprint density at radius 3 is 2.50 bits per heavy atom. The van der Waals surface area contributed by atoms with E-state index in [1.54, 1.807) is 0 Å². The summed E-state index contributed by atoms with van der Waals surface area (Å²) in [6, 6.07) is 2.52. The van der Waals surface area contributed by atoms with Gasteiger partial charge in [-0.25, -0.2) is 0 Å². The normalized spacial score (nSPS) is 18.6. The maximum atomic E-state index is 5.95. The number of nitrogens with one attached hydrogen (secondary N) is 1. The molecular weight excluding hydrogens is 334 g/mol. The number of likely N-dealkylation sites (tertiary alicyclic amines) is 1. The van der Waals surface area contributed by atoms with E-state index in [-0.39, 0.29) is 5.54 Å². The number of hydrazine groups is 1. The quantitative estimate of drug-likeness (QED) is 0.577. The van der Waals surface area contributed by atoms with Crippen LogP contribution in [-0.4, -0.2) is 29.6 Å². The summed E-state index contributed by atoms with van der Waals surface area (Å²) in [7, 11) is 0. The van der Waals surface area contributed by atoms with Crippen LogP contribution in [0.1, 0.15) is 44.4 Å². The third-order valence-corrected chi connectivity index (χ3v) is 6.56. The summed E-state index contributed by atoms with van der Waals surface area (Å²) in [5.74, 6) is 5.95. The standard InChI is InChI=1S/C15H26BrN3S/c1-3-15(4-2,19-7-5-6-8-19)14(18-17)10-13-9-12(16)11-20-13/h9,11,14,18H,3-8,10,17H2,1-2H3. The van der Waals surface area contributed by atoms with Gasteiger partial charge in [0, 0.05) is 32.7 Å². The van der Waals surface area contributed by atoms with Gasteiger partial charge >= 0.3 is 0 Å². The fourth-order valence-electron chi connectivity index (χ4n) is 3.64. The summed E-state index contributed by atoms with van der Waals surface area (Å²) in [4.78, 5) is 4.06. The van der Waals surface area contributed by atoms with Crippen LogP contribution in [0.4, 0.5) is 0 Å². The molecule has 1 fully saturated rings. The Bertz CT molecular complexity index is 411. The molecule has 1 unspecified atom stereocenters. The van der Waals surface area contributed by atoms with Crippen molar-refractivity contribution < 1.29 is 0 Å². The summed E-state index contributed by atoms with van der Waals surface area (Å²) in [6.45, 7) is 7.04. The van der Waals surface area contributed by atoms with Gasteiger partial charge in [0.25, 0.3) is 0 Å². The highest BCUT2D eigenvalue weighted by Crippen LogP contribution is 2.34. The van der Waals surface area contributed by atoms with E-state index in [4.69, 9.17) is 5.84 Å². The lowest BCUT2D eigenvalue weighted by molar-refractivity contribution is 0.0623. The van der Waals surface area contributed by atoms with Crippen molar-refractivity contribution in [1.82, 2.24) is 10.3 Å². The minimum Gasteiger partial charge on any atom is -0.296 e. The number of rotatable bonds is 7. The Labute approximate surface area is 135 Å². The van der Waals surface area contributed by atoms with E-state index in [2.05, 4.69) is 51.5 Å². The van der Waals surface area contributed by atoms with Gasteiger partial charge in [-0.2, -0.15) is 0 Å². The predicted molar refractivity (Wildman–Crippen MR) is 91.0 cm³/mol. The van der Waals surface area contributed by atoms with Crippen LogP contribution in [0.15, 0.2) is 15.9 Å². The van der Waals surface area contributed by atoms with Crippen LogP contribution in [0.5, 0.6) is 0 Å². The third kappa shape index (κ3) is 3.28. The van der Waals surface area contributed by atoms with Gasteiger partial charge in [0.1, 0.15) is 0 Å². The first-order valence-corrected chi connectivity index (χ1v) is 9.27. The summed E-state index contributed by atoms with van der Waals surface area (Å²) in [5.41, 5.74) is 3.31. The zero-order valence-electron chi connectivity index (χ0n) is 12.5. The summed E-state index contributed by atoms with van der Waals surface area (Å²) in [6.07, 6.45) is 5.94. The number of hydrogen-bond donors (Lipinski definition) is 2. The molecule has 0 saturated carbocycles. The second-order valence-corrected chi connectivity index (χ2v) is 7.57. The predicted octanol–water partition coefficient (Wildman–Crippen LogP) is 3.54. The summed E-state index contributed by atoms with van der Waals surface area (Å²) in [5, 5.41) is 2.15. The number of nitrogens with zero attached hydrogens (tertiary/aromatic N) is 1. The van der Waals surface area contributed by atoms with Gasteiger partial charge in [-0.3, -0.25) is 16.2 Å². The third-order valence-electron chi connectivity index (χ3n) is 4.84. The van der Waals surface area contributed by atoms with Crippen molar-refractivity contribution in [2.45, 2.75) is 57.5 Å². The number of hydrogen-bond acceptors (Lipinski definition) is 4. The minimum atomic E-state index is 0.182. The molecule has 0 amide bonds. The van der Waals surface area contributed by atoms with Crippen molar-refractivity contribution in [3.05, 3.63) is 20.8 Å². The van der Waals surface area contributed by atoms with Gasteiger partial charge in [0.15, 0.2) is 0 Å². The van der Waals surface area contributed by atoms with Gasteiger partial charge in [-0.1, -0.05) is 13.8 Å². The molecule has 3 nitrogen and oxygen atoms in total. The Morgan fingerprint density at radius 1 is 1.40 bits per heavy atom. The van der Waals surface area contributed by atoms with E-state index in [0.29, 0.717) is 6.04 Å². The smallest absolute Gasteiger partial charge is 0.0442 e. The molecule has 0 radical (unpaired) electrons. The molecule has 1 saturated heterocycles. The fraction of sp³-hybridized carbons (Fsp3) is 0.733. The Morgan fingerprint density at radius 2 is 2.05 bits per heavy atom. The Hall–Kier alpha value is 0.0600. The molecule has 3 N–H and O–H groups in total. The maximum Gasteiger partial charge on any atom is 0.0442 e. The first kappa shape index (κ1) is 16.4. The lowest BCUT2D eigenvalue weighted by atomic mass is 9.81. The van der Waals surface area contributed by atoms with Crippen LogP contribution in [0, 0.1) is 0 Å². The van der Waals surface area contributed by atoms with Gasteiger partial charge in [0.2, 0.25) is 0 Å². The lowest BCUT2D eigenvalue weighted by Crippen LogP contribution is -2.62. The second-order valence-electron chi connectivity index (χ2n) is 5.66. The van der Waals surface area contributed by atoms with E-state index in [1.807, 2.05) is 11.3 Å². The molecule has 1 atom stereocenters. The largest absolute Gasteiger partial charge is 0.296 e. The van der Waals surface area contributed by atoms with Crippen molar-refractivity contribution in [1.29, 1.82) is 0 Å². The number of nitrogens with two attached hydrogens (primary N) is 1. The Kier molecular flexibility index (Phi) is 6.05. The SMILES string of the molecule is CCC(CC)(C(Cc1cc(Br)cs1)NN)N1CCCC1. The first-order valence-electron chi connectivity index (χ1n) is 7.60. The second kappa shape index (κ2) is 7.36. The minimum absolute atomic E-state index is 0.182. The fourth-order valence-corrected chi connectivity index (χ4v) is 5.14. The van der Waals surface area contributed by atoms with Crippen LogP contribution in [0.2, 0.25) is 0 Å². The molecule has 1 aromatic heterocycles. The number of halogens is 1. The molecule has 1 aliphatic rings. The van der Waals surface area contributed by atoms with Crippen molar-refractivity contribution in [3.63, 3.8) is 0 Å². The molecule has 1 aliphatic heterocycles. The molecule has 5 heteroatoms. The van der Waals surface area contributed by atoms with Crippen molar-refractivity contribution in [3.8, 4) is 0 Å². The molecule has 0 spiro atoms. The van der Waals surface area contributed by atoms with Gasteiger partial charge in [0.05, 0.1) is 0 Å². The average molecular weight is 360 g/mol. The Balaban J connectivity index is 2.19. The summed E-state index contributed by atoms with van der Waals surface area (Å²) < 4.78 is 1.17. The molecular formula is C15H26BrN3S. The molecule has 0 bridgehead atoms. The van der Waals surface area contributed by atoms with E-state index in [0.717, 1.165) is 19.3 Å². The van der Waals surface area contributed by atoms with E-state index >= 15 is 0 Å². The van der Waals surface area contributed by atoms with Crippen LogP contribution in [-0.2, 0) is 6.42 Å². The van der Waals surface area contributed by atoms with Gasteiger partial charge < -0.3 is 0 Å². The zero-order valence-corrected chi connectivity index (χ0v) is 14.9. The van der Waals surface area contributed by atoms with Crippen LogP contribution < -0.4 is 11.3 Å². The van der Waals surface area contributed by atoms with Crippen molar-refractivity contribution >= 4 is 27.3 Å². The van der Waals surface area contributed by atoms with E-state index in [1.165, 1.54) is 35.3 Å². The van der Waals surface area contributed by atoms with Crippen molar-refractivity contribution in [2.75, 3.05) is 13.1 Å². The topological polar surface area (TPSA) is 41.3 Å². The van der Waals surface area contributed by atoms with Gasteiger partial charge in [-0.05, 0) is 60.8 Å². The highest BCUT2D eigenvalue weighted by atomic mass is 79.9. The molecule has 2 rings (SSSR count). The first-order chi connectivity index (χ1) is 9.66. The maximum absolute atomic E-state index is 5.95. The highest BCUT2D eigenvalue weighted by Gasteiger charge is 2.41. The van der Waals surface area contributed by atoms with Crippen LogP contribution in [0.3, 0.4) is 0 Å². The molecule has 2 heterocycles. The van der Waals surface area contributed by atoms with Crippen LogP contribution in [0.25, 0.3) is 0 Å².